The fourth-order valence-corrected chi connectivity index (χ4v) is 4.56. The van der Waals surface area contributed by atoms with Gasteiger partial charge in [0.2, 0.25) is 0 Å². The molecular formula is C32H36O2. The summed E-state index contributed by atoms with van der Waals surface area (Å²) in [5.41, 5.74) is 8.92. The van der Waals surface area contributed by atoms with E-state index in [1.54, 1.807) is 0 Å². The molecule has 3 aromatic rings. The smallest absolute Gasteiger partial charge is 0.0551 e. The first-order chi connectivity index (χ1) is 16.8. The van der Waals surface area contributed by atoms with Crippen molar-refractivity contribution in [3.05, 3.63) is 119 Å². The van der Waals surface area contributed by atoms with Gasteiger partial charge >= 0.3 is 0 Å². The lowest BCUT2D eigenvalue weighted by atomic mass is 9.66. The van der Waals surface area contributed by atoms with Gasteiger partial charge in [-0.1, -0.05) is 91.0 Å². The average Bonchev–Trinajstić information content (AvgIpc) is 2.87. The van der Waals surface area contributed by atoms with Crippen molar-refractivity contribution in [3.8, 4) is 0 Å². The van der Waals surface area contributed by atoms with Gasteiger partial charge in [-0.25, -0.2) is 0 Å². The van der Waals surface area contributed by atoms with E-state index in [0.717, 1.165) is 65.0 Å². The Kier molecular flexibility index (Phi) is 9.34. The van der Waals surface area contributed by atoms with E-state index in [1.807, 2.05) is 6.07 Å². The molecule has 0 aromatic heterocycles. The number of allylic oxidation sites excluding steroid dienone is 1. The normalized spacial score (nSPS) is 14.3. The van der Waals surface area contributed by atoms with E-state index in [0.29, 0.717) is 0 Å². The largest absolute Gasteiger partial charge is 0.381 e. The molecule has 0 atom stereocenters. The standard InChI is InChI=1S/C32H36O2/c1-4-12-28(13-5-1)18-10-22-33-26-32(27-34-23-11-19-29-14-6-2-7-15-29)24-31(25-32)21-20-30-16-8-3-9-17-30/h1-9,12-17,20H,10-11,18-19,22-27H2. The number of hydrogen-bond acceptors (Lipinski definition) is 2. The molecule has 1 saturated carbocycles. The first kappa shape index (κ1) is 24.2. The molecule has 0 spiro atoms. The van der Waals surface area contributed by atoms with E-state index >= 15 is 0 Å². The summed E-state index contributed by atoms with van der Waals surface area (Å²) in [4.78, 5) is 0. The zero-order chi connectivity index (χ0) is 23.3. The molecular weight excluding hydrogens is 416 g/mol. The highest BCUT2D eigenvalue weighted by Crippen LogP contribution is 2.45. The van der Waals surface area contributed by atoms with Crippen LogP contribution in [0.1, 0.15) is 42.4 Å². The Labute approximate surface area is 204 Å². The van der Waals surface area contributed by atoms with Gasteiger partial charge < -0.3 is 9.47 Å². The van der Waals surface area contributed by atoms with Gasteiger partial charge in [0.05, 0.1) is 13.2 Å². The van der Waals surface area contributed by atoms with Gasteiger partial charge in [-0.3, -0.25) is 0 Å². The summed E-state index contributed by atoms with van der Waals surface area (Å²) in [7, 11) is 0. The van der Waals surface area contributed by atoms with E-state index in [9.17, 15) is 0 Å². The highest BCUT2D eigenvalue weighted by atomic mass is 16.5. The quantitative estimate of drug-likeness (QED) is 0.200. The van der Waals surface area contributed by atoms with Crippen molar-refractivity contribution in [2.45, 2.75) is 38.5 Å². The molecule has 0 saturated heterocycles. The number of ether oxygens (including phenoxy) is 2. The number of hydrogen-bond donors (Lipinski definition) is 0. The molecule has 34 heavy (non-hydrogen) atoms. The lowest BCUT2D eigenvalue weighted by molar-refractivity contribution is -0.0446. The minimum Gasteiger partial charge on any atom is -0.381 e. The Morgan fingerprint density at radius 3 is 1.62 bits per heavy atom. The van der Waals surface area contributed by atoms with E-state index < -0.39 is 0 Å². The van der Waals surface area contributed by atoms with Crippen LogP contribution in [0.2, 0.25) is 0 Å². The van der Waals surface area contributed by atoms with Crippen LogP contribution < -0.4 is 0 Å². The number of rotatable bonds is 13. The highest BCUT2D eigenvalue weighted by molar-refractivity contribution is 5.49. The van der Waals surface area contributed by atoms with Crippen molar-refractivity contribution >= 4 is 6.08 Å². The topological polar surface area (TPSA) is 18.5 Å². The van der Waals surface area contributed by atoms with Crippen molar-refractivity contribution in [1.82, 2.24) is 0 Å². The van der Waals surface area contributed by atoms with E-state index in [-0.39, 0.29) is 5.41 Å². The van der Waals surface area contributed by atoms with Crippen LogP contribution in [-0.2, 0) is 22.3 Å². The van der Waals surface area contributed by atoms with Crippen LogP contribution in [0.5, 0.6) is 0 Å². The Morgan fingerprint density at radius 1 is 0.647 bits per heavy atom. The minimum atomic E-state index is 0.0896. The zero-order valence-corrected chi connectivity index (χ0v) is 20.1. The molecule has 2 heteroatoms. The third-order valence-corrected chi connectivity index (χ3v) is 6.43. The van der Waals surface area contributed by atoms with Gasteiger partial charge in [0.1, 0.15) is 0 Å². The van der Waals surface area contributed by atoms with Crippen molar-refractivity contribution in [3.63, 3.8) is 0 Å². The molecule has 176 valence electrons. The Morgan fingerprint density at radius 2 is 1.12 bits per heavy atom. The van der Waals surface area contributed by atoms with Gasteiger partial charge in [0.25, 0.3) is 0 Å². The molecule has 0 N–H and O–H groups in total. The molecule has 0 aliphatic heterocycles. The second-order valence-corrected chi connectivity index (χ2v) is 9.44. The van der Waals surface area contributed by atoms with Crippen LogP contribution in [-0.4, -0.2) is 26.4 Å². The predicted octanol–water partition coefficient (Wildman–Crippen LogP) is 7.30. The van der Waals surface area contributed by atoms with Crippen LogP contribution in [0.4, 0.5) is 0 Å². The van der Waals surface area contributed by atoms with Crippen LogP contribution >= 0.6 is 0 Å². The third kappa shape index (κ3) is 7.85. The number of benzene rings is 3. The molecule has 0 amide bonds. The predicted molar refractivity (Wildman–Crippen MR) is 141 cm³/mol. The summed E-state index contributed by atoms with van der Waals surface area (Å²) in [6.45, 7) is 3.11. The molecule has 0 radical (unpaired) electrons. The molecule has 1 fully saturated rings. The Bertz CT molecular complexity index is 975. The van der Waals surface area contributed by atoms with Crippen LogP contribution in [0.15, 0.2) is 102 Å². The maximum absolute atomic E-state index is 6.17. The second kappa shape index (κ2) is 13.1. The Balaban J connectivity index is 1.24. The van der Waals surface area contributed by atoms with Crippen LogP contribution in [0.25, 0.3) is 6.08 Å². The zero-order valence-electron chi connectivity index (χ0n) is 20.1. The molecule has 1 aliphatic carbocycles. The molecule has 3 aromatic carbocycles. The summed E-state index contributed by atoms with van der Waals surface area (Å²) in [5.74, 6) is 0. The summed E-state index contributed by atoms with van der Waals surface area (Å²) in [5, 5.41) is 0. The van der Waals surface area contributed by atoms with Crippen molar-refractivity contribution in [2.75, 3.05) is 26.4 Å². The summed E-state index contributed by atoms with van der Waals surface area (Å²) in [6.07, 6.45) is 8.34. The van der Waals surface area contributed by atoms with Crippen LogP contribution in [0, 0.1) is 5.41 Å². The maximum atomic E-state index is 6.17. The molecule has 0 heterocycles. The van der Waals surface area contributed by atoms with Crippen molar-refractivity contribution in [1.29, 1.82) is 0 Å². The van der Waals surface area contributed by atoms with Gasteiger partial charge in [-0.05, 0) is 66.9 Å². The van der Waals surface area contributed by atoms with Crippen molar-refractivity contribution in [2.24, 2.45) is 5.41 Å². The monoisotopic (exact) mass is 452 g/mol. The first-order valence-corrected chi connectivity index (χ1v) is 12.5. The SMILES string of the molecule is C(=Cc1ccccc1)=C1CC(COCCCc2ccccc2)(COCCCc2ccccc2)C1. The third-order valence-electron chi connectivity index (χ3n) is 6.43. The summed E-state index contributed by atoms with van der Waals surface area (Å²) in [6, 6.07) is 31.7. The van der Waals surface area contributed by atoms with E-state index in [2.05, 4.69) is 96.7 Å². The Hall–Kier alpha value is -2.90. The number of aryl methyl sites for hydroxylation is 2. The maximum Gasteiger partial charge on any atom is 0.0551 e. The average molecular weight is 453 g/mol. The summed E-state index contributed by atoms with van der Waals surface area (Å²) < 4.78 is 12.3. The highest BCUT2D eigenvalue weighted by Gasteiger charge is 2.41. The van der Waals surface area contributed by atoms with Gasteiger partial charge in [0.15, 0.2) is 0 Å². The van der Waals surface area contributed by atoms with Crippen molar-refractivity contribution < 1.29 is 9.47 Å². The molecule has 0 unspecified atom stereocenters. The summed E-state index contributed by atoms with van der Waals surface area (Å²) >= 11 is 0. The molecule has 2 nitrogen and oxygen atoms in total. The van der Waals surface area contributed by atoms with Gasteiger partial charge in [-0.15, -0.1) is 5.73 Å². The molecule has 1 aliphatic rings. The second-order valence-electron chi connectivity index (χ2n) is 9.44. The molecule has 4 rings (SSSR count). The lowest BCUT2D eigenvalue weighted by Gasteiger charge is -2.42. The lowest BCUT2D eigenvalue weighted by Crippen LogP contribution is -2.40. The fourth-order valence-electron chi connectivity index (χ4n) is 4.56. The molecule has 0 bridgehead atoms. The minimum absolute atomic E-state index is 0.0896. The van der Waals surface area contributed by atoms with Crippen LogP contribution in [0.3, 0.4) is 0 Å². The van der Waals surface area contributed by atoms with Gasteiger partial charge in [0, 0.05) is 18.6 Å². The van der Waals surface area contributed by atoms with Gasteiger partial charge in [-0.2, -0.15) is 0 Å². The fraction of sp³-hybridized carbons (Fsp3) is 0.344. The first-order valence-electron chi connectivity index (χ1n) is 12.5. The van der Waals surface area contributed by atoms with E-state index in [1.165, 1.54) is 22.3 Å². The van der Waals surface area contributed by atoms with E-state index in [4.69, 9.17) is 9.47 Å².